The van der Waals surface area contributed by atoms with Gasteiger partial charge in [0, 0.05) is 10.6 Å². The summed E-state index contributed by atoms with van der Waals surface area (Å²) in [6.07, 6.45) is 2.03. The van der Waals surface area contributed by atoms with Crippen LogP contribution in [0.2, 0.25) is 0 Å². The highest BCUT2D eigenvalue weighted by Gasteiger charge is 2.30. The molecular formula is C17H22N2O2S2. The van der Waals surface area contributed by atoms with E-state index in [2.05, 4.69) is 10.6 Å². The van der Waals surface area contributed by atoms with Crippen molar-refractivity contribution in [3.05, 3.63) is 41.1 Å². The summed E-state index contributed by atoms with van der Waals surface area (Å²) in [5.41, 5.74) is 2.31. The first-order chi connectivity index (χ1) is 10.9. The van der Waals surface area contributed by atoms with Crippen molar-refractivity contribution in [1.29, 1.82) is 0 Å². The molecule has 124 valence electrons. The fourth-order valence-electron chi connectivity index (χ4n) is 2.33. The van der Waals surface area contributed by atoms with Crippen LogP contribution >= 0.6 is 24.0 Å². The maximum absolute atomic E-state index is 12.5. The predicted octanol–water partition coefficient (Wildman–Crippen LogP) is 3.40. The maximum atomic E-state index is 12.5. The lowest BCUT2D eigenvalue weighted by atomic mass is 9.96. The van der Waals surface area contributed by atoms with Gasteiger partial charge >= 0.3 is 5.97 Å². The average Bonchev–Trinajstić information content (AvgIpc) is 2.52. The lowest BCUT2D eigenvalue weighted by molar-refractivity contribution is -0.140. The number of allylic oxidation sites excluding steroid dienone is 1. The van der Waals surface area contributed by atoms with Crippen LogP contribution in [-0.4, -0.2) is 23.9 Å². The Morgan fingerprint density at radius 1 is 1.35 bits per heavy atom. The van der Waals surface area contributed by atoms with Crippen LogP contribution in [0, 0.1) is 5.92 Å². The number of hydrogen-bond acceptors (Lipinski definition) is 4. The topological polar surface area (TPSA) is 50.4 Å². The highest BCUT2D eigenvalue weighted by molar-refractivity contribution is 7.98. The molecule has 0 aromatic heterocycles. The van der Waals surface area contributed by atoms with Gasteiger partial charge in [-0.25, -0.2) is 4.79 Å². The summed E-state index contributed by atoms with van der Waals surface area (Å²) >= 11 is 6.92. The summed E-state index contributed by atoms with van der Waals surface area (Å²) in [5.74, 6) is -0.0117. The minimum atomic E-state index is -0.308. The number of carbonyl (C=O) groups excluding carboxylic acids is 1. The molecule has 0 saturated carbocycles. The van der Waals surface area contributed by atoms with E-state index < -0.39 is 0 Å². The number of rotatable bonds is 5. The number of benzene rings is 1. The summed E-state index contributed by atoms with van der Waals surface area (Å²) < 4.78 is 5.42. The Bertz CT molecular complexity index is 624. The van der Waals surface area contributed by atoms with Gasteiger partial charge in [0.25, 0.3) is 0 Å². The van der Waals surface area contributed by atoms with E-state index in [1.54, 1.807) is 11.8 Å². The Morgan fingerprint density at radius 2 is 2.00 bits per heavy atom. The molecule has 2 rings (SSSR count). The lowest BCUT2D eigenvalue weighted by Crippen LogP contribution is -2.45. The van der Waals surface area contributed by atoms with E-state index in [0.29, 0.717) is 23.2 Å². The van der Waals surface area contributed by atoms with Gasteiger partial charge in [0.2, 0.25) is 0 Å². The molecule has 0 spiro atoms. The summed E-state index contributed by atoms with van der Waals surface area (Å²) in [4.78, 5) is 13.7. The van der Waals surface area contributed by atoms with Crippen molar-refractivity contribution in [2.45, 2.75) is 31.7 Å². The van der Waals surface area contributed by atoms with Crippen molar-refractivity contribution in [2.75, 3.05) is 12.9 Å². The molecule has 23 heavy (non-hydrogen) atoms. The fraction of sp³-hybridized carbons (Fsp3) is 0.412. The lowest BCUT2D eigenvalue weighted by Gasteiger charge is -2.30. The normalized spacial score (nSPS) is 17.8. The number of nitrogens with one attached hydrogen (secondary N) is 2. The maximum Gasteiger partial charge on any atom is 0.338 e. The second-order valence-corrected chi connectivity index (χ2v) is 7.12. The van der Waals surface area contributed by atoms with Crippen molar-refractivity contribution in [2.24, 2.45) is 5.92 Å². The SMILES string of the molecule is CSc1ccc([C@@H]2NC(=S)NC(C)=C2C(=O)OCC(C)C)cc1. The first-order valence-electron chi connectivity index (χ1n) is 7.51. The summed E-state index contributed by atoms with van der Waals surface area (Å²) in [6.45, 7) is 6.28. The van der Waals surface area contributed by atoms with Gasteiger partial charge in [0.05, 0.1) is 18.2 Å². The largest absolute Gasteiger partial charge is 0.462 e. The minimum Gasteiger partial charge on any atom is -0.462 e. The minimum absolute atomic E-state index is 0.292. The molecule has 0 amide bonds. The molecule has 1 aromatic carbocycles. The van der Waals surface area contributed by atoms with E-state index in [9.17, 15) is 4.79 Å². The van der Waals surface area contributed by atoms with Crippen LogP contribution in [-0.2, 0) is 9.53 Å². The Morgan fingerprint density at radius 3 is 2.57 bits per heavy atom. The first kappa shape index (κ1) is 17.8. The van der Waals surface area contributed by atoms with Crippen LogP contribution in [0.3, 0.4) is 0 Å². The predicted molar refractivity (Wildman–Crippen MR) is 98.3 cm³/mol. The van der Waals surface area contributed by atoms with Crippen LogP contribution in [0.25, 0.3) is 0 Å². The second-order valence-electron chi connectivity index (χ2n) is 5.84. The third-order valence-corrected chi connectivity index (χ3v) is 4.45. The zero-order chi connectivity index (χ0) is 17.0. The number of carbonyl (C=O) groups is 1. The third kappa shape index (κ3) is 4.48. The molecule has 1 aliphatic rings. The molecule has 6 heteroatoms. The molecule has 0 bridgehead atoms. The molecule has 0 radical (unpaired) electrons. The van der Waals surface area contributed by atoms with Gasteiger partial charge in [-0.1, -0.05) is 26.0 Å². The summed E-state index contributed by atoms with van der Waals surface area (Å²) in [5, 5.41) is 6.70. The van der Waals surface area contributed by atoms with Crippen molar-refractivity contribution < 1.29 is 9.53 Å². The Balaban J connectivity index is 2.31. The molecule has 2 N–H and O–H groups in total. The zero-order valence-corrected chi connectivity index (χ0v) is 15.4. The third-order valence-electron chi connectivity index (χ3n) is 3.49. The van der Waals surface area contributed by atoms with Crippen molar-refractivity contribution in [3.8, 4) is 0 Å². The number of ether oxygens (including phenoxy) is 1. The van der Waals surface area contributed by atoms with E-state index in [-0.39, 0.29) is 12.0 Å². The van der Waals surface area contributed by atoms with Gasteiger partial charge in [-0.3, -0.25) is 0 Å². The van der Waals surface area contributed by atoms with E-state index >= 15 is 0 Å². The molecule has 1 heterocycles. The van der Waals surface area contributed by atoms with Crippen molar-refractivity contribution in [3.63, 3.8) is 0 Å². The zero-order valence-electron chi connectivity index (χ0n) is 13.8. The molecule has 0 unspecified atom stereocenters. The highest BCUT2D eigenvalue weighted by Crippen LogP contribution is 2.29. The van der Waals surface area contributed by atoms with Crippen LogP contribution in [0.4, 0.5) is 0 Å². The van der Waals surface area contributed by atoms with Crippen LogP contribution in [0.5, 0.6) is 0 Å². The van der Waals surface area contributed by atoms with Crippen molar-refractivity contribution >= 4 is 35.1 Å². The first-order valence-corrected chi connectivity index (χ1v) is 9.15. The van der Waals surface area contributed by atoms with E-state index in [0.717, 1.165) is 11.3 Å². The quantitative estimate of drug-likeness (QED) is 0.482. The van der Waals surface area contributed by atoms with E-state index in [1.165, 1.54) is 4.90 Å². The van der Waals surface area contributed by atoms with E-state index in [4.69, 9.17) is 17.0 Å². The highest BCUT2D eigenvalue weighted by atomic mass is 32.2. The number of thiocarbonyl (C=S) groups is 1. The summed E-state index contributed by atoms with van der Waals surface area (Å²) in [6, 6.07) is 7.82. The Labute approximate surface area is 147 Å². The van der Waals surface area contributed by atoms with Gasteiger partial charge in [-0.05, 0) is 49.0 Å². The van der Waals surface area contributed by atoms with Crippen LogP contribution in [0.15, 0.2) is 40.4 Å². The molecular weight excluding hydrogens is 328 g/mol. The molecule has 1 aliphatic heterocycles. The average molecular weight is 351 g/mol. The van der Waals surface area contributed by atoms with Gasteiger partial charge in [-0.2, -0.15) is 0 Å². The van der Waals surface area contributed by atoms with Gasteiger partial charge in [0.1, 0.15) is 0 Å². The van der Waals surface area contributed by atoms with Gasteiger partial charge in [-0.15, -0.1) is 11.8 Å². The van der Waals surface area contributed by atoms with Gasteiger partial charge in [0.15, 0.2) is 5.11 Å². The molecule has 0 saturated heterocycles. The Hall–Kier alpha value is -1.53. The summed E-state index contributed by atoms with van der Waals surface area (Å²) in [7, 11) is 0. The van der Waals surface area contributed by atoms with Crippen LogP contribution in [0.1, 0.15) is 32.4 Å². The molecule has 0 fully saturated rings. The fourth-order valence-corrected chi connectivity index (χ4v) is 3.01. The van der Waals surface area contributed by atoms with Gasteiger partial charge < -0.3 is 15.4 Å². The number of hydrogen-bond donors (Lipinski definition) is 2. The Kier molecular flexibility index (Phi) is 6.07. The smallest absolute Gasteiger partial charge is 0.338 e. The molecule has 4 nitrogen and oxygen atoms in total. The number of esters is 1. The monoisotopic (exact) mass is 350 g/mol. The standard InChI is InChI=1S/C17H22N2O2S2/c1-10(2)9-21-16(20)14-11(3)18-17(22)19-15(14)12-5-7-13(23-4)8-6-12/h5-8,10,15H,9H2,1-4H3,(H2,18,19,22)/t15-/m0/s1. The van der Waals surface area contributed by atoms with Crippen molar-refractivity contribution in [1.82, 2.24) is 10.6 Å². The molecule has 0 aliphatic carbocycles. The second kappa shape index (κ2) is 7.84. The molecule has 1 atom stereocenters. The molecule has 1 aromatic rings. The van der Waals surface area contributed by atoms with E-state index in [1.807, 2.05) is 51.3 Å². The van der Waals surface area contributed by atoms with Crippen LogP contribution < -0.4 is 10.6 Å². The number of thioether (sulfide) groups is 1.